The molecular formula is C28H21N5O2Pt2. The van der Waals surface area contributed by atoms with Gasteiger partial charge in [-0.3, -0.25) is 4.68 Å². The van der Waals surface area contributed by atoms with E-state index in [1.54, 1.807) is 6.20 Å². The average molecular weight is 850 g/mol. The van der Waals surface area contributed by atoms with E-state index < -0.39 is 18.3 Å². The predicted octanol–water partition coefficient (Wildman–Crippen LogP) is 6.55. The molecule has 0 bridgehead atoms. The summed E-state index contributed by atoms with van der Waals surface area (Å²) in [5, 5.41) is 6.80. The number of para-hydroxylation sites is 1. The smallest absolute Gasteiger partial charge is 2.00 e. The maximum Gasteiger partial charge on any atom is 2.00 e. The molecular weight excluding hydrogens is 828 g/mol. The summed E-state index contributed by atoms with van der Waals surface area (Å²) < 4.78 is 24.7. The van der Waals surface area contributed by atoms with E-state index in [9.17, 15) is 0 Å². The van der Waals surface area contributed by atoms with Gasteiger partial charge in [0.1, 0.15) is 5.82 Å². The van der Waals surface area contributed by atoms with Crippen molar-refractivity contribution in [3.8, 4) is 23.0 Å². The molecule has 3 heterocycles. The third kappa shape index (κ3) is 5.48. The second-order valence-corrected chi connectivity index (χ2v) is 8.49. The van der Waals surface area contributed by atoms with Gasteiger partial charge in [-0.2, -0.15) is 17.2 Å². The minimum atomic E-state index is -1.42. The number of hydrogen-bond acceptors (Lipinski definition) is 5. The van der Waals surface area contributed by atoms with Gasteiger partial charge in [-0.15, -0.1) is 35.7 Å². The summed E-state index contributed by atoms with van der Waals surface area (Å²) in [6.07, 6.45) is 1.80. The number of benzene rings is 3. The molecule has 1 N–H and O–H groups in total. The zero-order chi connectivity index (χ0) is 25.1. The fourth-order valence-electron chi connectivity index (χ4n) is 4.27. The molecule has 0 atom stereocenters. The quantitative estimate of drug-likeness (QED) is 0.204. The van der Waals surface area contributed by atoms with E-state index in [0.717, 1.165) is 44.7 Å². The molecule has 0 unspecified atom stereocenters. The molecule has 7 nitrogen and oxygen atoms in total. The molecule has 190 valence electrons. The molecule has 0 aliphatic rings. The van der Waals surface area contributed by atoms with Crippen molar-refractivity contribution in [2.45, 2.75) is 13.8 Å². The number of pyridine rings is 1. The van der Waals surface area contributed by atoms with Crippen molar-refractivity contribution in [2.24, 2.45) is 0 Å². The summed E-state index contributed by atoms with van der Waals surface area (Å²) in [6, 6.07) is 32.9. The second-order valence-electron chi connectivity index (χ2n) is 8.03. The van der Waals surface area contributed by atoms with Gasteiger partial charge in [-0.05, 0) is 49.2 Å². The first-order valence-corrected chi connectivity index (χ1v) is 13.1. The van der Waals surface area contributed by atoms with E-state index in [1.807, 2.05) is 79.2 Å². The summed E-state index contributed by atoms with van der Waals surface area (Å²) in [7, 11) is 0. The number of ether oxygens (including phenoxy) is 1. The number of rotatable bonds is 4. The number of fused-ring (bicyclic) bond motifs is 3. The van der Waals surface area contributed by atoms with Crippen LogP contribution in [0.1, 0.15) is 11.4 Å². The van der Waals surface area contributed by atoms with Gasteiger partial charge in [-0.1, -0.05) is 29.8 Å². The molecule has 0 saturated heterocycles. The van der Waals surface area contributed by atoms with E-state index in [-0.39, 0.29) is 21.1 Å². The second kappa shape index (κ2) is 11.8. The van der Waals surface area contributed by atoms with E-state index >= 15 is 0 Å². The van der Waals surface area contributed by atoms with Crippen LogP contribution in [0.4, 0.5) is 0 Å². The molecule has 37 heavy (non-hydrogen) atoms. The standard InChI is InChI=1S/C28H20N4O.HN.O.2Pt/c1-19-16-20(2)32(30-19)21-8-7-9-22(17-21)33-23-13-14-25-24-10-3-4-11-26(24)31(27(25)18-23)28-12-5-6-15-29-28;;;;/h3-16H,1-2H3;1H;;;/q-2;;;;+2. The van der Waals surface area contributed by atoms with Crippen LogP contribution in [0.15, 0.2) is 85.1 Å². The summed E-state index contributed by atoms with van der Waals surface area (Å²) in [5.74, 6) is 2.07. The largest absolute Gasteiger partial charge is 2.00 e. The maximum atomic E-state index is 8.71. The van der Waals surface area contributed by atoms with Crippen molar-refractivity contribution in [3.05, 3.63) is 109 Å². The SMILES string of the molecule is Cc1cc(C)n(-c2[c-]c(Oc3[c-]c4c(cc3)c3ccccc3n4-c3ccccn3)ccc2)n1.[NH]=[Pt]=[O].[Pt+2]. The molecule has 0 amide bonds. The van der Waals surface area contributed by atoms with E-state index in [0.29, 0.717) is 11.5 Å². The topological polar surface area (TPSA) is 85.8 Å². The van der Waals surface area contributed by atoms with Crippen LogP contribution in [-0.4, -0.2) is 19.3 Å². The van der Waals surface area contributed by atoms with Gasteiger partial charge >= 0.3 is 46.7 Å². The van der Waals surface area contributed by atoms with E-state index in [1.165, 1.54) is 0 Å². The first-order valence-electron chi connectivity index (χ1n) is 11.1. The van der Waals surface area contributed by atoms with E-state index in [2.05, 4.69) is 45.0 Å². The number of aromatic nitrogens is 4. The van der Waals surface area contributed by atoms with Gasteiger partial charge in [0.05, 0.1) is 5.69 Å². The summed E-state index contributed by atoms with van der Waals surface area (Å²) in [5.41, 5.74) is 4.85. The minimum Gasteiger partial charge on any atom is 2.00 e. The molecule has 0 fully saturated rings. The first kappa shape index (κ1) is 26.7. The minimum absolute atomic E-state index is 0. The monoisotopic (exact) mass is 849 g/mol. The fraction of sp³-hybridized carbons (Fsp3) is 0.0714. The Morgan fingerprint density at radius 3 is 2.38 bits per heavy atom. The van der Waals surface area contributed by atoms with Crippen molar-refractivity contribution in [1.82, 2.24) is 19.3 Å². The van der Waals surface area contributed by atoms with Gasteiger partial charge < -0.3 is 9.30 Å². The van der Waals surface area contributed by atoms with Gasteiger partial charge in [0.15, 0.2) is 0 Å². The summed E-state index contributed by atoms with van der Waals surface area (Å²) in [6.45, 7) is 4.01. The van der Waals surface area contributed by atoms with Crippen LogP contribution >= 0.6 is 0 Å². The van der Waals surface area contributed by atoms with Crippen molar-refractivity contribution in [1.29, 1.82) is 3.91 Å². The van der Waals surface area contributed by atoms with Crippen molar-refractivity contribution in [3.63, 3.8) is 0 Å². The molecule has 3 aromatic carbocycles. The molecule has 3 aromatic heterocycles. The number of hydrogen-bond donors (Lipinski definition) is 1. The Morgan fingerprint density at radius 2 is 1.65 bits per heavy atom. The normalized spacial score (nSPS) is 10.6. The Labute approximate surface area is 236 Å². The zero-order valence-electron chi connectivity index (χ0n) is 19.8. The molecule has 0 aliphatic heterocycles. The van der Waals surface area contributed by atoms with Gasteiger partial charge in [0.2, 0.25) is 0 Å². The van der Waals surface area contributed by atoms with Crippen molar-refractivity contribution >= 4 is 21.8 Å². The molecule has 0 aliphatic carbocycles. The van der Waals surface area contributed by atoms with E-state index in [4.69, 9.17) is 12.0 Å². The third-order valence-corrected chi connectivity index (χ3v) is 5.65. The van der Waals surface area contributed by atoms with Crippen LogP contribution < -0.4 is 4.74 Å². The van der Waals surface area contributed by atoms with Gasteiger partial charge in [0, 0.05) is 28.9 Å². The maximum absolute atomic E-state index is 8.71. The third-order valence-electron chi connectivity index (χ3n) is 5.65. The Balaban J connectivity index is 0.000000765. The number of aryl methyl sites for hydroxylation is 2. The average Bonchev–Trinajstić information content (AvgIpc) is 3.41. The molecule has 6 aromatic rings. The molecule has 6 rings (SSSR count). The summed E-state index contributed by atoms with van der Waals surface area (Å²) in [4.78, 5) is 4.58. The Bertz CT molecular complexity index is 1720. The Morgan fingerprint density at radius 1 is 0.892 bits per heavy atom. The van der Waals surface area contributed by atoms with Gasteiger partial charge in [-0.25, -0.2) is 4.98 Å². The number of nitrogens with zero attached hydrogens (tertiary/aromatic N) is 4. The van der Waals surface area contributed by atoms with Crippen LogP contribution in [-0.2, 0) is 42.8 Å². The Kier molecular flexibility index (Phi) is 8.47. The molecule has 0 radical (unpaired) electrons. The molecule has 0 saturated carbocycles. The summed E-state index contributed by atoms with van der Waals surface area (Å²) >= 11 is -1.42. The van der Waals surface area contributed by atoms with Crippen LogP contribution in [0.25, 0.3) is 33.3 Å². The van der Waals surface area contributed by atoms with Crippen LogP contribution in [0.5, 0.6) is 11.5 Å². The van der Waals surface area contributed by atoms with Crippen molar-refractivity contribution in [2.75, 3.05) is 0 Å². The first-order chi connectivity index (χ1) is 17.6. The van der Waals surface area contributed by atoms with Crippen molar-refractivity contribution < 1.29 is 47.5 Å². The fourth-order valence-corrected chi connectivity index (χ4v) is 4.27. The predicted molar refractivity (Wildman–Crippen MR) is 133 cm³/mol. The van der Waals surface area contributed by atoms with Crippen LogP contribution in [0.2, 0.25) is 0 Å². The van der Waals surface area contributed by atoms with Gasteiger partial charge in [0.25, 0.3) is 0 Å². The number of nitrogens with one attached hydrogen (secondary N) is 1. The Hall–Kier alpha value is -3.40. The van der Waals surface area contributed by atoms with Crippen LogP contribution in [0, 0.1) is 29.9 Å². The molecule has 0 spiro atoms. The van der Waals surface area contributed by atoms with Crippen LogP contribution in [0.3, 0.4) is 0 Å². The zero-order valence-corrected chi connectivity index (χ0v) is 24.4. The molecule has 9 heteroatoms.